The molecule has 2 aromatic rings. The Morgan fingerprint density at radius 2 is 1.95 bits per heavy atom. The normalized spacial score (nSPS) is 10.8. The molecule has 2 rings (SSSR count). The van der Waals surface area contributed by atoms with Crippen LogP contribution in [0.15, 0.2) is 46.6 Å². The first-order valence-electron chi connectivity index (χ1n) is 6.51. The third-order valence-electron chi connectivity index (χ3n) is 2.65. The van der Waals surface area contributed by atoms with Gasteiger partial charge in [-0.1, -0.05) is 12.1 Å². The van der Waals surface area contributed by atoms with Crippen molar-refractivity contribution in [2.75, 3.05) is 24.6 Å². The van der Waals surface area contributed by atoms with E-state index in [0.717, 1.165) is 0 Å². The van der Waals surface area contributed by atoms with Crippen molar-refractivity contribution in [3.05, 3.63) is 36.4 Å². The maximum Gasteiger partial charge on any atom is 0.239 e. The number of amides is 1. The average molecular weight is 300 g/mol. The average Bonchev–Trinajstić information content (AvgIpc) is 2.48. The molecule has 114 valence electrons. The summed E-state index contributed by atoms with van der Waals surface area (Å²) in [5, 5.41) is 22.8. The Hall–Kier alpha value is -3.00. The lowest BCUT2D eigenvalue weighted by Gasteiger charge is -2.05. The van der Waals surface area contributed by atoms with Crippen LogP contribution in [0.2, 0.25) is 0 Å². The van der Waals surface area contributed by atoms with Gasteiger partial charge in [-0.25, -0.2) is 4.98 Å². The number of likely N-dealkylation sites (N-methyl/N-ethyl adjacent to an activating group) is 1. The molecule has 0 aliphatic heterocycles. The number of aromatic hydroxyl groups is 1. The van der Waals surface area contributed by atoms with E-state index < -0.39 is 0 Å². The highest BCUT2D eigenvalue weighted by Crippen LogP contribution is 2.29. The Bertz CT molecular complexity index is 701. The molecule has 1 amide bonds. The molecule has 1 aromatic heterocycles. The molecule has 5 N–H and O–H groups in total. The SMILES string of the molecule is CNCC(=O)Nc1ccc(/N=N/c2ccccc2O)c(N)n1. The number of benzene rings is 1. The molecule has 1 heterocycles. The predicted octanol–water partition coefficient (Wildman–Crippen LogP) is 1.94. The molecule has 0 aliphatic rings. The Balaban J connectivity index is 2.13. The number of phenolic OH excluding ortho intramolecular Hbond substituents is 1. The second kappa shape index (κ2) is 7.14. The number of hydrogen-bond donors (Lipinski definition) is 4. The minimum atomic E-state index is -0.224. The largest absolute Gasteiger partial charge is 0.506 e. The number of nitrogens with zero attached hydrogens (tertiary/aromatic N) is 3. The van der Waals surface area contributed by atoms with Crippen LogP contribution in [0.4, 0.5) is 23.0 Å². The third-order valence-corrected chi connectivity index (χ3v) is 2.65. The first kappa shape index (κ1) is 15.4. The van der Waals surface area contributed by atoms with Crippen molar-refractivity contribution < 1.29 is 9.90 Å². The molecule has 1 aromatic carbocycles. The summed E-state index contributed by atoms with van der Waals surface area (Å²) in [7, 11) is 1.67. The van der Waals surface area contributed by atoms with Crippen LogP contribution in [-0.4, -0.2) is 29.6 Å². The van der Waals surface area contributed by atoms with Gasteiger partial charge < -0.3 is 21.5 Å². The van der Waals surface area contributed by atoms with Crippen molar-refractivity contribution in [1.82, 2.24) is 10.3 Å². The number of carbonyl (C=O) groups is 1. The number of nitrogens with one attached hydrogen (secondary N) is 2. The molecule has 0 spiro atoms. The molecular weight excluding hydrogens is 284 g/mol. The number of nitrogens with two attached hydrogens (primary N) is 1. The molecule has 0 saturated heterocycles. The van der Waals surface area contributed by atoms with Gasteiger partial charge in [-0.05, 0) is 31.3 Å². The Labute approximate surface area is 127 Å². The van der Waals surface area contributed by atoms with Crippen LogP contribution in [0.25, 0.3) is 0 Å². The Morgan fingerprint density at radius 1 is 1.23 bits per heavy atom. The van der Waals surface area contributed by atoms with E-state index in [-0.39, 0.29) is 24.0 Å². The fraction of sp³-hybridized carbons (Fsp3) is 0.143. The first-order valence-corrected chi connectivity index (χ1v) is 6.51. The van der Waals surface area contributed by atoms with Crippen LogP contribution in [0.3, 0.4) is 0 Å². The number of nitrogen functional groups attached to an aromatic ring is 1. The molecule has 22 heavy (non-hydrogen) atoms. The second-order valence-electron chi connectivity index (χ2n) is 4.37. The van der Waals surface area contributed by atoms with E-state index >= 15 is 0 Å². The molecule has 0 aliphatic carbocycles. The molecule has 0 bridgehead atoms. The van der Waals surface area contributed by atoms with Gasteiger partial charge in [0.25, 0.3) is 0 Å². The number of para-hydroxylation sites is 1. The molecule has 8 heteroatoms. The summed E-state index contributed by atoms with van der Waals surface area (Å²) in [6.07, 6.45) is 0. The number of carbonyl (C=O) groups excluding carboxylic acids is 1. The predicted molar refractivity (Wildman–Crippen MR) is 83.5 cm³/mol. The van der Waals surface area contributed by atoms with E-state index in [1.807, 2.05) is 0 Å². The Kier molecular flexibility index (Phi) is 4.99. The highest BCUT2D eigenvalue weighted by molar-refractivity contribution is 5.91. The molecule has 0 fully saturated rings. The fourth-order valence-corrected chi connectivity index (χ4v) is 1.63. The lowest BCUT2D eigenvalue weighted by molar-refractivity contribution is -0.115. The zero-order chi connectivity index (χ0) is 15.9. The molecule has 0 atom stereocenters. The van der Waals surface area contributed by atoms with Gasteiger partial charge in [-0.3, -0.25) is 4.79 Å². The number of rotatable bonds is 5. The quantitative estimate of drug-likeness (QED) is 0.628. The maximum atomic E-state index is 11.4. The summed E-state index contributed by atoms with van der Waals surface area (Å²) in [6.45, 7) is 0.177. The zero-order valence-electron chi connectivity index (χ0n) is 11.9. The third kappa shape index (κ3) is 4.00. The van der Waals surface area contributed by atoms with Gasteiger partial charge in [0.2, 0.25) is 5.91 Å². The van der Waals surface area contributed by atoms with Gasteiger partial charge in [-0.2, -0.15) is 0 Å². The Morgan fingerprint density at radius 3 is 2.64 bits per heavy atom. The molecule has 0 unspecified atom stereocenters. The van der Waals surface area contributed by atoms with Crippen LogP contribution in [0.5, 0.6) is 5.75 Å². The van der Waals surface area contributed by atoms with Gasteiger partial charge in [0.15, 0.2) is 5.82 Å². The summed E-state index contributed by atoms with van der Waals surface area (Å²) in [5.41, 5.74) is 6.45. The molecule has 0 radical (unpaired) electrons. The number of hydrogen-bond acceptors (Lipinski definition) is 7. The van der Waals surface area contributed by atoms with Crippen LogP contribution in [-0.2, 0) is 4.79 Å². The molecule has 8 nitrogen and oxygen atoms in total. The van der Waals surface area contributed by atoms with Crippen molar-refractivity contribution in [3.8, 4) is 5.75 Å². The van der Waals surface area contributed by atoms with Gasteiger partial charge in [0.1, 0.15) is 22.9 Å². The summed E-state index contributed by atoms with van der Waals surface area (Å²) in [5.74, 6) is 0.257. The minimum absolute atomic E-state index is 0.0220. The number of anilines is 2. The summed E-state index contributed by atoms with van der Waals surface area (Å²) >= 11 is 0. The maximum absolute atomic E-state index is 11.4. The van der Waals surface area contributed by atoms with Crippen molar-refractivity contribution in [3.63, 3.8) is 0 Å². The molecule has 0 saturated carbocycles. The first-order chi connectivity index (χ1) is 10.6. The van der Waals surface area contributed by atoms with Gasteiger partial charge >= 0.3 is 0 Å². The summed E-state index contributed by atoms with van der Waals surface area (Å²) in [6, 6.07) is 9.71. The highest BCUT2D eigenvalue weighted by atomic mass is 16.3. The van der Waals surface area contributed by atoms with E-state index in [1.54, 1.807) is 37.4 Å². The van der Waals surface area contributed by atoms with Crippen LogP contribution < -0.4 is 16.4 Å². The number of azo groups is 1. The van der Waals surface area contributed by atoms with Gasteiger partial charge in [0.05, 0.1) is 6.54 Å². The van der Waals surface area contributed by atoms with Gasteiger partial charge in [0, 0.05) is 0 Å². The van der Waals surface area contributed by atoms with E-state index in [1.165, 1.54) is 6.07 Å². The number of phenols is 1. The topological polar surface area (TPSA) is 125 Å². The van der Waals surface area contributed by atoms with Crippen LogP contribution in [0.1, 0.15) is 0 Å². The van der Waals surface area contributed by atoms with Crippen molar-refractivity contribution in [1.29, 1.82) is 0 Å². The minimum Gasteiger partial charge on any atom is -0.506 e. The summed E-state index contributed by atoms with van der Waals surface area (Å²) < 4.78 is 0. The zero-order valence-corrected chi connectivity index (χ0v) is 11.9. The summed E-state index contributed by atoms with van der Waals surface area (Å²) in [4.78, 5) is 15.5. The standard InChI is InChI=1S/C14H16N6O2/c1-16-8-13(22)17-12-7-6-10(14(15)18-12)20-19-9-4-2-3-5-11(9)21/h2-7,16,21H,8H2,1H3,(H3,15,17,18,22)/b20-19+. The number of aromatic nitrogens is 1. The van der Waals surface area contributed by atoms with E-state index in [9.17, 15) is 9.90 Å². The van der Waals surface area contributed by atoms with E-state index in [0.29, 0.717) is 17.2 Å². The smallest absolute Gasteiger partial charge is 0.239 e. The second-order valence-corrected chi connectivity index (χ2v) is 4.37. The lowest BCUT2D eigenvalue weighted by atomic mass is 10.3. The van der Waals surface area contributed by atoms with Crippen molar-refractivity contribution >= 4 is 28.9 Å². The van der Waals surface area contributed by atoms with E-state index in [2.05, 4.69) is 25.8 Å². The molecular formula is C14H16N6O2. The van der Waals surface area contributed by atoms with E-state index in [4.69, 9.17) is 5.73 Å². The highest BCUT2D eigenvalue weighted by Gasteiger charge is 2.05. The monoisotopic (exact) mass is 300 g/mol. The van der Waals surface area contributed by atoms with Gasteiger partial charge in [-0.15, -0.1) is 10.2 Å². The fourth-order valence-electron chi connectivity index (χ4n) is 1.63. The lowest BCUT2D eigenvalue weighted by Crippen LogP contribution is -2.25. The van der Waals surface area contributed by atoms with Crippen molar-refractivity contribution in [2.24, 2.45) is 10.2 Å². The number of pyridine rings is 1. The van der Waals surface area contributed by atoms with Crippen LogP contribution in [0, 0.1) is 0 Å². The van der Waals surface area contributed by atoms with Crippen molar-refractivity contribution in [2.45, 2.75) is 0 Å². The van der Waals surface area contributed by atoms with Crippen LogP contribution >= 0.6 is 0 Å².